The average Bonchev–Trinajstić information content (AvgIpc) is 2.75. The summed E-state index contributed by atoms with van der Waals surface area (Å²) in [5.41, 5.74) is 1.89. The fourth-order valence-corrected chi connectivity index (χ4v) is 5.58. The summed E-state index contributed by atoms with van der Waals surface area (Å²) in [5, 5.41) is 10.8. The highest BCUT2D eigenvalue weighted by Gasteiger charge is 2.56. The van der Waals surface area contributed by atoms with Crippen molar-refractivity contribution in [3.63, 3.8) is 0 Å². The molecule has 0 aliphatic heterocycles. The first-order chi connectivity index (χ1) is 14.8. The van der Waals surface area contributed by atoms with Crippen molar-refractivity contribution in [1.82, 2.24) is 20.1 Å². The van der Waals surface area contributed by atoms with Gasteiger partial charge in [-0.1, -0.05) is 27.7 Å². The number of pyridine rings is 1. The molecule has 2 bridgehead atoms. The van der Waals surface area contributed by atoms with Crippen LogP contribution in [0, 0.1) is 23.2 Å². The number of fused-ring (bicyclic) bond motifs is 2. The molecule has 3 aliphatic rings. The van der Waals surface area contributed by atoms with E-state index in [4.69, 9.17) is 0 Å². The Morgan fingerprint density at radius 2 is 2.03 bits per heavy atom. The lowest BCUT2D eigenvalue weighted by Crippen LogP contribution is -2.58. The summed E-state index contributed by atoms with van der Waals surface area (Å²) < 4.78 is 1.21. The second-order valence-corrected chi connectivity index (χ2v) is 9.76. The molecule has 2 N–H and O–H groups in total. The van der Waals surface area contributed by atoms with Crippen LogP contribution in [0.15, 0.2) is 41.6 Å². The molecule has 2 heterocycles. The number of carbonyl (C=O) groups is 1. The van der Waals surface area contributed by atoms with Crippen LogP contribution in [0.1, 0.15) is 58.6 Å². The first-order valence-corrected chi connectivity index (χ1v) is 11.3. The van der Waals surface area contributed by atoms with Gasteiger partial charge in [0.2, 0.25) is 5.91 Å². The topological polar surface area (TPSA) is 88.9 Å². The van der Waals surface area contributed by atoms with Gasteiger partial charge in [0.05, 0.1) is 17.9 Å². The number of rotatable bonds is 7. The van der Waals surface area contributed by atoms with Gasteiger partial charge in [-0.2, -0.15) is 5.10 Å². The molecule has 3 saturated carbocycles. The molecule has 1 unspecified atom stereocenters. The molecule has 2 aromatic rings. The Bertz CT molecular complexity index is 987. The Labute approximate surface area is 183 Å². The lowest BCUT2D eigenvalue weighted by Gasteiger charge is -2.62. The van der Waals surface area contributed by atoms with Crippen molar-refractivity contribution in [2.24, 2.45) is 23.2 Å². The number of hydrogen-bond acceptors (Lipinski definition) is 5. The molecule has 1 amide bonds. The van der Waals surface area contributed by atoms with Crippen molar-refractivity contribution in [2.75, 3.05) is 5.32 Å². The summed E-state index contributed by atoms with van der Waals surface area (Å²) >= 11 is 0. The number of aromatic nitrogens is 3. The second kappa shape index (κ2) is 8.44. The molecule has 0 spiro atoms. The van der Waals surface area contributed by atoms with Crippen LogP contribution in [-0.4, -0.2) is 26.7 Å². The van der Waals surface area contributed by atoms with Gasteiger partial charge in [0.25, 0.3) is 5.56 Å². The summed E-state index contributed by atoms with van der Waals surface area (Å²) in [5.74, 6) is 1.80. The van der Waals surface area contributed by atoms with Gasteiger partial charge in [0.1, 0.15) is 6.54 Å². The number of carbonyl (C=O) groups excluding carboxylic acids is 1. The predicted molar refractivity (Wildman–Crippen MR) is 120 cm³/mol. The van der Waals surface area contributed by atoms with E-state index in [0.717, 1.165) is 35.9 Å². The van der Waals surface area contributed by atoms with Crippen molar-refractivity contribution in [3.8, 4) is 0 Å². The number of anilines is 1. The van der Waals surface area contributed by atoms with E-state index in [1.165, 1.54) is 11.1 Å². The maximum absolute atomic E-state index is 12.6. The zero-order chi connectivity index (χ0) is 22.2. The fraction of sp³-hybridized carbons (Fsp3) is 0.583. The number of nitrogens with zero attached hydrogens (tertiary/aromatic N) is 3. The summed E-state index contributed by atoms with van der Waals surface area (Å²) in [6.45, 7) is 8.98. The van der Waals surface area contributed by atoms with Crippen LogP contribution in [-0.2, 0) is 11.3 Å². The Kier molecular flexibility index (Phi) is 5.86. The van der Waals surface area contributed by atoms with Crippen molar-refractivity contribution in [2.45, 2.75) is 65.6 Å². The lowest BCUT2D eigenvalue weighted by molar-refractivity contribution is -0.122. The molecule has 0 radical (unpaired) electrons. The third-order valence-electron chi connectivity index (χ3n) is 7.72. The van der Waals surface area contributed by atoms with Crippen LogP contribution in [0.2, 0.25) is 0 Å². The van der Waals surface area contributed by atoms with Crippen LogP contribution in [0.5, 0.6) is 0 Å². The number of hydrogen-bond donors (Lipinski definition) is 2. The van der Waals surface area contributed by atoms with E-state index in [2.05, 4.69) is 41.5 Å². The highest BCUT2D eigenvalue weighted by atomic mass is 16.2. The van der Waals surface area contributed by atoms with Gasteiger partial charge in [-0.15, -0.1) is 0 Å². The van der Waals surface area contributed by atoms with Crippen molar-refractivity contribution >= 4 is 11.6 Å². The van der Waals surface area contributed by atoms with E-state index in [1.54, 1.807) is 24.7 Å². The monoisotopic (exact) mass is 423 g/mol. The molecule has 5 rings (SSSR count). The Morgan fingerprint density at radius 1 is 1.29 bits per heavy atom. The van der Waals surface area contributed by atoms with E-state index in [0.29, 0.717) is 17.4 Å². The Hall–Kier alpha value is -2.70. The molecule has 3 aliphatic carbocycles. The predicted octanol–water partition coefficient (Wildman–Crippen LogP) is 3.39. The van der Waals surface area contributed by atoms with Crippen molar-refractivity contribution in [1.29, 1.82) is 0 Å². The molecule has 2 aromatic heterocycles. The van der Waals surface area contributed by atoms with Gasteiger partial charge in [0.15, 0.2) is 0 Å². The third-order valence-corrected chi connectivity index (χ3v) is 7.72. The van der Waals surface area contributed by atoms with Crippen LogP contribution in [0.25, 0.3) is 0 Å². The average molecular weight is 424 g/mol. The zero-order valence-corrected chi connectivity index (χ0v) is 18.8. The summed E-state index contributed by atoms with van der Waals surface area (Å²) in [6, 6.07) is 5.57. The van der Waals surface area contributed by atoms with E-state index >= 15 is 0 Å². The first-order valence-electron chi connectivity index (χ1n) is 11.3. The molecule has 7 heteroatoms. The molecule has 31 heavy (non-hydrogen) atoms. The minimum Gasteiger partial charge on any atom is -0.381 e. The van der Waals surface area contributed by atoms with Crippen LogP contribution in [0.4, 0.5) is 5.69 Å². The minimum absolute atomic E-state index is 0.0983. The van der Waals surface area contributed by atoms with Crippen molar-refractivity contribution < 1.29 is 4.79 Å². The SMILES string of the molecule is CCC(NC(=O)Cn1ncc(N[C@@H]2C[C@H]3C[C@@H]([C@H]2C)C3(C)C)cc1=O)c1ccncc1. The van der Waals surface area contributed by atoms with Gasteiger partial charge < -0.3 is 10.6 Å². The van der Waals surface area contributed by atoms with Gasteiger partial charge in [0, 0.05) is 24.5 Å². The molecule has 0 saturated heterocycles. The van der Waals surface area contributed by atoms with Gasteiger partial charge in [-0.3, -0.25) is 14.6 Å². The van der Waals surface area contributed by atoms with Gasteiger partial charge in [-0.25, -0.2) is 4.68 Å². The van der Waals surface area contributed by atoms with Crippen LogP contribution < -0.4 is 16.2 Å². The number of amides is 1. The molecule has 7 nitrogen and oxygen atoms in total. The highest BCUT2D eigenvalue weighted by molar-refractivity contribution is 5.76. The van der Waals surface area contributed by atoms with E-state index in [1.807, 2.05) is 19.1 Å². The van der Waals surface area contributed by atoms with E-state index in [-0.39, 0.29) is 24.1 Å². The smallest absolute Gasteiger partial charge is 0.269 e. The van der Waals surface area contributed by atoms with Crippen LogP contribution >= 0.6 is 0 Å². The summed E-state index contributed by atoms with van der Waals surface area (Å²) in [7, 11) is 0. The molecule has 5 atom stereocenters. The Balaban J connectivity index is 1.37. The zero-order valence-electron chi connectivity index (χ0n) is 18.8. The standard InChI is InChI=1S/C24H33N5O2/c1-5-20(16-6-8-25-9-7-16)28-22(30)14-29-23(31)12-18(13-26-29)27-21-11-17-10-19(15(21)2)24(17,3)4/h6-9,12-13,15,17,19-21,27H,5,10-11,14H2,1-4H3,(H,28,30)/t15-,17-,19+,20?,21-/m1/s1. The first kappa shape index (κ1) is 21.5. The quantitative estimate of drug-likeness (QED) is 0.713. The molecular formula is C24H33N5O2. The largest absolute Gasteiger partial charge is 0.381 e. The molecule has 166 valence electrons. The lowest BCUT2D eigenvalue weighted by atomic mass is 9.45. The summed E-state index contributed by atoms with van der Waals surface area (Å²) in [6.07, 6.45) is 8.27. The minimum atomic E-state index is -0.272. The Morgan fingerprint density at radius 3 is 2.65 bits per heavy atom. The van der Waals surface area contributed by atoms with Crippen LogP contribution in [0.3, 0.4) is 0 Å². The van der Waals surface area contributed by atoms with Gasteiger partial charge in [-0.05, 0) is 60.1 Å². The molecular weight excluding hydrogens is 390 g/mol. The summed E-state index contributed by atoms with van der Waals surface area (Å²) in [4.78, 5) is 29.1. The highest BCUT2D eigenvalue weighted by Crippen LogP contribution is 2.61. The van der Waals surface area contributed by atoms with E-state index in [9.17, 15) is 9.59 Å². The molecule has 3 fully saturated rings. The van der Waals surface area contributed by atoms with Crippen molar-refractivity contribution in [3.05, 3.63) is 52.7 Å². The maximum Gasteiger partial charge on any atom is 0.269 e. The number of nitrogens with one attached hydrogen (secondary N) is 2. The maximum atomic E-state index is 12.6. The second-order valence-electron chi connectivity index (χ2n) is 9.76. The normalized spacial score (nSPS) is 27.1. The molecule has 0 aromatic carbocycles. The van der Waals surface area contributed by atoms with E-state index < -0.39 is 0 Å². The fourth-order valence-electron chi connectivity index (χ4n) is 5.58. The van der Waals surface area contributed by atoms with Gasteiger partial charge >= 0.3 is 0 Å². The third kappa shape index (κ3) is 4.23.